The molecule has 15 heavy (non-hydrogen) atoms. The van der Waals surface area contributed by atoms with Gasteiger partial charge in [-0.3, -0.25) is 9.78 Å². The molecule has 0 saturated carbocycles. The fraction of sp³-hybridized carbons (Fsp3) is 0.455. The summed E-state index contributed by atoms with van der Waals surface area (Å²) in [4.78, 5) is 15.0. The van der Waals surface area contributed by atoms with E-state index in [9.17, 15) is 9.90 Å². The number of esters is 1. The van der Waals surface area contributed by atoms with E-state index in [-0.39, 0.29) is 12.4 Å². The Labute approximate surface area is 88.9 Å². The highest BCUT2D eigenvalue weighted by atomic mass is 16.5. The van der Waals surface area contributed by atoms with Gasteiger partial charge in [0.05, 0.1) is 19.1 Å². The van der Waals surface area contributed by atoms with E-state index in [2.05, 4.69) is 4.98 Å². The number of pyridine rings is 1. The van der Waals surface area contributed by atoms with Gasteiger partial charge in [-0.2, -0.15) is 0 Å². The number of carbonyl (C=O) groups excluding carboxylic acids is 1. The number of aliphatic hydroxyl groups is 1. The van der Waals surface area contributed by atoms with Gasteiger partial charge < -0.3 is 9.84 Å². The Morgan fingerprint density at radius 3 is 2.80 bits per heavy atom. The van der Waals surface area contributed by atoms with Crippen molar-refractivity contribution in [2.24, 2.45) is 0 Å². The van der Waals surface area contributed by atoms with Crippen LogP contribution >= 0.6 is 0 Å². The Bertz CT molecular complexity index is 300. The van der Waals surface area contributed by atoms with Gasteiger partial charge in [0.25, 0.3) is 0 Å². The number of aromatic nitrogens is 1. The standard InChI is InChI=1S/C11H15NO3/c1-2-7-15-11(14)8-10(13)9-3-5-12-6-4-9/h3-6,10,13H,2,7-8H2,1H3. The zero-order chi connectivity index (χ0) is 11.1. The Morgan fingerprint density at radius 2 is 2.20 bits per heavy atom. The molecule has 0 amide bonds. The fourth-order valence-electron chi connectivity index (χ4n) is 1.14. The SMILES string of the molecule is CCCOC(=O)CC(O)c1ccncc1. The predicted molar refractivity (Wildman–Crippen MR) is 55.1 cm³/mol. The van der Waals surface area contributed by atoms with Crippen molar-refractivity contribution in [2.75, 3.05) is 6.61 Å². The highest BCUT2D eigenvalue weighted by Gasteiger charge is 2.13. The van der Waals surface area contributed by atoms with Crippen LogP contribution in [0.5, 0.6) is 0 Å². The Kier molecular flexibility index (Phi) is 4.77. The summed E-state index contributed by atoms with van der Waals surface area (Å²) in [6, 6.07) is 3.36. The second-order valence-electron chi connectivity index (χ2n) is 3.22. The molecule has 0 aliphatic heterocycles. The molecule has 0 aliphatic rings. The summed E-state index contributed by atoms with van der Waals surface area (Å²) >= 11 is 0. The lowest BCUT2D eigenvalue weighted by atomic mass is 10.1. The molecule has 4 heteroatoms. The maximum atomic E-state index is 11.2. The van der Waals surface area contributed by atoms with Gasteiger partial charge in [-0.1, -0.05) is 6.92 Å². The van der Waals surface area contributed by atoms with Gasteiger partial charge in [-0.05, 0) is 24.1 Å². The van der Waals surface area contributed by atoms with E-state index in [1.807, 2.05) is 6.92 Å². The van der Waals surface area contributed by atoms with Gasteiger partial charge >= 0.3 is 5.97 Å². The lowest BCUT2D eigenvalue weighted by molar-refractivity contribution is -0.146. The van der Waals surface area contributed by atoms with Gasteiger partial charge in [-0.15, -0.1) is 0 Å². The summed E-state index contributed by atoms with van der Waals surface area (Å²) in [6.45, 7) is 2.33. The monoisotopic (exact) mass is 209 g/mol. The topological polar surface area (TPSA) is 59.4 Å². The van der Waals surface area contributed by atoms with Crippen LogP contribution in [0.25, 0.3) is 0 Å². The van der Waals surface area contributed by atoms with Crippen LogP contribution in [0.3, 0.4) is 0 Å². The van der Waals surface area contributed by atoms with Crippen LogP contribution in [-0.4, -0.2) is 22.7 Å². The maximum Gasteiger partial charge on any atom is 0.308 e. The first-order valence-corrected chi connectivity index (χ1v) is 4.97. The average Bonchev–Trinajstić information content (AvgIpc) is 2.27. The van der Waals surface area contributed by atoms with Crippen molar-refractivity contribution < 1.29 is 14.6 Å². The molecule has 1 atom stereocenters. The first-order valence-electron chi connectivity index (χ1n) is 4.97. The van der Waals surface area contributed by atoms with E-state index in [1.54, 1.807) is 24.5 Å². The molecule has 0 bridgehead atoms. The van der Waals surface area contributed by atoms with Gasteiger partial charge in [0, 0.05) is 12.4 Å². The first-order chi connectivity index (χ1) is 7.24. The van der Waals surface area contributed by atoms with Crippen molar-refractivity contribution in [3.05, 3.63) is 30.1 Å². The van der Waals surface area contributed by atoms with Gasteiger partial charge in [0.1, 0.15) is 0 Å². The van der Waals surface area contributed by atoms with Crippen LogP contribution in [0.15, 0.2) is 24.5 Å². The molecule has 0 radical (unpaired) electrons. The third kappa shape index (κ3) is 4.08. The van der Waals surface area contributed by atoms with Crippen LogP contribution < -0.4 is 0 Å². The normalized spacial score (nSPS) is 12.1. The molecule has 0 aromatic carbocycles. The average molecular weight is 209 g/mol. The molecule has 0 fully saturated rings. The summed E-state index contributed by atoms with van der Waals surface area (Å²) in [6.07, 6.45) is 3.13. The number of hydrogen-bond acceptors (Lipinski definition) is 4. The lowest BCUT2D eigenvalue weighted by Crippen LogP contribution is -2.10. The summed E-state index contributed by atoms with van der Waals surface area (Å²) in [5, 5.41) is 9.66. The van der Waals surface area contributed by atoms with Gasteiger partial charge in [0.2, 0.25) is 0 Å². The molecule has 0 spiro atoms. The van der Waals surface area contributed by atoms with Gasteiger partial charge in [0.15, 0.2) is 0 Å². The molecule has 1 heterocycles. The van der Waals surface area contributed by atoms with Crippen LogP contribution in [0, 0.1) is 0 Å². The van der Waals surface area contributed by atoms with Gasteiger partial charge in [-0.25, -0.2) is 0 Å². The van der Waals surface area contributed by atoms with Crippen molar-refractivity contribution in [1.29, 1.82) is 0 Å². The molecular weight excluding hydrogens is 194 g/mol. The lowest BCUT2D eigenvalue weighted by Gasteiger charge is -2.09. The van der Waals surface area contributed by atoms with Crippen molar-refractivity contribution >= 4 is 5.97 Å². The Hall–Kier alpha value is -1.42. The molecule has 4 nitrogen and oxygen atoms in total. The summed E-state index contributed by atoms with van der Waals surface area (Å²) < 4.78 is 4.87. The number of hydrogen-bond donors (Lipinski definition) is 1. The minimum atomic E-state index is -0.808. The zero-order valence-corrected chi connectivity index (χ0v) is 8.72. The van der Waals surface area contributed by atoms with E-state index < -0.39 is 6.10 Å². The van der Waals surface area contributed by atoms with Crippen molar-refractivity contribution in [2.45, 2.75) is 25.9 Å². The fourth-order valence-corrected chi connectivity index (χ4v) is 1.14. The second kappa shape index (κ2) is 6.14. The smallest absolute Gasteiger partial charge is 0.308 e. The Balaban J connectivity index is 2.42. The largest absolute Gasteiger partial charge is 0.466 e. The van der Waals surface area contributed by atoms with Crippen LogP contribution in [-0.2, 0) is 9.53 Å². The molecule has 82 valence electrons. The van der Waals surface area contributed by atoms with Crippen LogP contribution in [0.4, 0.5) is 0 Å². The van der Waals surface area contributed by atoms with E-state index in [1.165, 1.54) is 0 Å². The highest BCUT2D eigenvalue weighted by molar-refractivity contribution is 5.70. The third-order valence-electron chi connectivity index (χ3n) is 1.92. The molecule has 1 N–H and O–H groups in total. The van der Waals surface area contributed by atoms with E-state index in [0.717, 1.165) is 6.42 Å². The molecule has 0 saturated heterocycles. The van der Waals surface area contributed by atoms with Crippen LogP contribution in [0.1, 0.15) is 31.4 Å². The molecule has 1 aromatic rings. The number of carbonyl (C=O) groups is 1. The van der Waals surface area contributed by atoms with E-state index in [4.69, 9.17) is 4.74 Å². The molecular formula is C11H15NO3. The van der Waals surface area contributed by atoms with Crippen molar-refractivity contribution in [3.8, 4) is 0 Å². The quantitative estimate of drug-likeness (QED) is 0.746. The number of rotatable bonds is 5. The van der Waals surface area contributed by atoms with Crippen molar-refractivity contribution in [1.82, 2.24) is 4.98 Å². The molecule has 1 aromatic heterocycles. The number of nitrogens with zero attached hydrogens (tertiary/aromatic N) is 1. The minimum absolute atomic E-state index is 0.00991. The second-order valence-corrected chi connectivity index (χ2v) is 3.22. The maximum absolute atomic E-state index is 11.2. The van der Waals surface area contributed by atoms with Crippen molar-refractivity contribution in [3.63, 3.8) is 0 Å². The number of ether oxygens (including phenoxy) is 1. The Morgan fingerprint density at radius 1 is 1.53 bits per heavy atom. The molecule has 0 aliphatic carbocycles. The summed E-state index contributed by atoms with van der Waals surface area (Å²) in [5.74, 6) is -0.374. The molecule has 1 rings (SSSR count). The third-order valence-corrected chi connectivity index (χ3v) is 1.92. The molecule has 1 unspecified atom stereocenters. The number of aliphatic hydroxyl groups excluding tert-OH is 1. The zero-order valence-electron chi connectivity index (χ0n) is 8.72. The summed E-state index contributed by atoms with van der Waals surface area (Å²) in [5.41, 5.74) is 0.679. The first kappa shape index (κ1) is 11.7. The van der Waals surface area contributed by atoms with Crippen LogP contribution in [0.2, 0.25) is 0 Å². The predicted octanol–water partition coefficient (Wildman–Crippen LogP) is 1.46. The summed E-state index contributed by atoms with van der Waals surface area (Å²) in [7, 11) is 0. The highest BCUT2D eigenvalue weighted by Crippen LogP contribution is 2.15. The van der Waals surface area contributed by atoms with E-state index in [0.29, 0.717) is 12.2 Å². The van der Waals surface area contributed by atoms with E-state index >= 15 is 0 Å². The minimum Gasteiger partial charge on any atom is -0.466 e.